The Morgan fingerprint density at radius 1 is 1.27 bits per heavy atom. The van der Waals surface area contributed by atoms with Gasteiger partial charge in [-0.05, 0) is 37.0 Å². The highest BCUT2D eigenvalue weighted by Crippen LogP contribution is 2.32. The van der Waals surface area contributed by atoms with E-state index in [4.69, 9.17) is 27.9 Å². The predicted octanol–water partition coefficient (Wildman–Crippen LogP) is 5.51. The van der Waals surface area contributed by atoms with E-state index < -0.39 is 0 Å². The number of nitrogens with zero attached hydrogens (tertiary/aromatic N) is 3. The van der Waals surface area contributed by atoms with Crippen molar-refractivity contribution in [3.63, 3.8) is 0 Å². The Morgan fingerprint density at radius 3 is 2.65 bits per heavy atom. The molecule has 0 saturated heterocycles. The fourth-order valence-electron chi connectivity index (χ4n) is 3.12. The molecule has 0 atom stereocenters. The second-order valence-corrected chi connectivity index (χ2v) is 7.98. The highest BCUT2D eigenvalue weighted by Gasteiger charge is 2.28. The van der Waals surface area contributed by atoms with Crippen molar-refractivity contribution in [1.82, 2.24) is 14.8 Å². The van der Waals surface area contributed by atoms with Crippen LogP contribution in [0.25, 0.3) is 11.4 Å². The summed E-state index contributed by atoms with van der Waals surface area (Å²) < 4.78 is 7.01. The van der Waals surface area contributed by atoms with Gasteiger partial charge < -0.3 is 4.74 Å². The SMILES string of the molecule is CC(C)COc1nc(-c2ccc(Cl)cc2Cl)n(C(=O)C2CCCCC2)n1. The van der Waals surface area contributed by atoms with Crippen LogP contribution in [0.2, 0.25) is 10.0 Å². The zero-order chi connectivity index (χ0) is 18.7. The Kier molecular flexibility index (Phi) is 6.20. The van der Waals surface area contributed by atoms with Gasteiger partial charge in [-0.3, -0.25) is 4.79 Å². The molecule has 1 heterocycles. The molecule has 5 nitrogen and oxygen atoms in total. The number of halogens is 2. The van der Waals surface area contributed by atoms with E-state index >= 15 is 0 Å². The first-order chi connectivity index (χ1) is 12.5. The van der Waals surface area contributed by atoms with Gasteiger partial charge in [0.2, 0.25) is 0 Å². The van der Waals surface area contributed by atoms with Crippen molar-refractivity contribution in [2.24, 2.45) is 11.8 Å². The van der Waals surface area contributed by atoms with Crippen LogP contribution in [-0.4, -0.2) is 27.3 Å². The monoisotopic (exact) mass is 395 g/mol. The summed E-state index contributed by atoms with van der Waals surface area (Å²) in [6, 6.07) is 5.31. The van der Waals surface area contributed by atoms with E-state index in [0.717, 1.165) is 25.7 Å². The third-order valence-electron chi connectivity index (χ3n) is 4.47. The minimum Gasteiger partial charge on any atom is -0.462 e. The molecule has 7 heteroatoms. The van der Waals surface area contributed by atoms with Crippen LogP contribution in [0.15, 0.2) is 18.2 Å². The van der Waals surface area contributed by atoms with E-state index in [2.05, 4.69) is 10.1 Å². The molecule has 0 radical (unpaired) electrons. The number of carbonyl (C=O) groups is 1. The molecule has 3 rings (SSSR count). The van der Waals surface area contributed by atoms with E-state index in [-0.39, 0.29) is 17.8 Å². The average molecular weight is 396 g/mol. The molecule has 0 amide bonds. The summed E-state index contributed by atoms with van der Waals surface area (Å²) >= 11 is 12.3. The first kappa shape index (κ1) is 19.2. The van der Waals surface area contributed by atoms with Crippen LogP contribution in [0.4, 0.5) is 0 Å². The molecule has 1 fully saturated rings. The third-order valence-corrected chi connectivity index (χ3v) is 5.02. The van der Waals surface area contributed by atoms with Crippen molar-refractivity contribution in [3.05, 3.63) is 28.2 Å². The Morgan fingerprint density at radius 2 is 2.00 bits per heavy atom. The quantitative estimate of drug-likeness (QED) is 0.669. The molecular weight excluding hydrogens is 373 g/mol. The fourth-order valence-corrected chi connectivity index (χ4v) is 3.61. The van der Waals surface area contributed by atoms with Gasteiger partial charge in [0.15, 0.2) is 5.82 Å². The summed E-state index contributed by atoms with van der Waals surface area (Å²) in [6.45, 7) is 4.57. The molecule has 0 spiro atoms. The summed E-state index contributed by atoms with van der Waals surface area (Å²) in [4.78, 5) is 17.5. The van der Waals surface area contributed by atoms with Gasteiger partial charge in [-0.15, -0.1) is 5.10 Å². The van der Waals surface area contributed by atoms with Crippen LogP contribution in [0, 0.1) is 11.8 Å². The van der Waals surface area contributed by atoms with Gasteiger partial charge in [0.1, 0.15) is 0 Å². The van der Waals surface area contributed by atoms with Gasteiger partial charge >= 0.3 is 6.01 Å². The van der Waals surface area contributed by atoms with Crippen molar-refractivity contribution in [3.8, 4) is 17.4 Å². The molecule has 0 N–H and O–H groups in total. The van der Waals surface area contributed by atoms with Gasteiger partial charge in [-0.2, -0.15) is 9.67 Å². The van der Waals surface area contributed by atoms with Crippen molar-refractivity contribution in [1.29, 1.82) is 0 Å². The lowest BCUT2D eigenvalue weighted by Crippen LogP contribution is -2.25. The summed E-state index contributed by atoms with van der Waals surface area (Å²) in [7, 11) is 0. The lowest BCUT2D eigenvalue weighted by atomic mass is 9.88. The van der Waals surface area contributed by atoms with Crippen LogP contribution >= 0.6 is 23.2 Å². The number of hydrogen-bond acceptors (Lipinski definition) is 4. The number of rotatable bonds is 5. The topological polar surface area (TPSA) is 57.0 Å². The van der Waals surface area contributed by atoms with Crippen LogP contribution < -0.4 is 4.74 Å². The molecule has 1 aliphatic rings. The van der Waals surface area contributed by atoms with Gasteiger partial charge in [-0.1, -0.05) is 56.3 Å². The van der Waals surface area contributed by atoms with E-state index in [1.54, 1.807) is 18.2 Å². The van der Waals surface area contributed by atoms with E-state index in [9.17, 15) is 4.79 Å². The van der Waals surface area contributed by atoms with E-state index in [1.807, 2.05) is 13.8 Å². The minimum absolute atomic E-state index is 0.0341. The van der Waals surface area contributed by atoms with Gasteiger partial charge in [-0.25, -0.2) is 0 Å². The molecule has 0 bridgehead atoms. The first-order valence-corrected chi connectivity index (χ1v) is 9.81. The second-order valence-electron chi connectivity index (χ2n) is 7.13. The fraction of sp³-hybridized carbons (Fsp3) is 0.526. The summed E-state index contributed by atoms with van der Waals surface area (Å²) in [5.41, 5.74) is 0.618. The summed E-state index contributed by atoms with van der Waals surface area (Å²) in [5, 5.41) is 5.30. The zero-order valence-electron chi connectivity index (χ0n) is 15.0. The molecule has 1 aliphatic carbocycles. The Labute approximate surface area is 163 Å². The summed E-state index contributed by atoms with van der Waals surface area (Å²) in [6.07, 6.45) is 5.08. The van der Waals surface area contributed by atoms with Gasteiger partial charge in [0, 0.05) is 16.5 Å². The Bertz CT molecular complexity index is 783. The number of aromatic nitrogens is 3. The highest BCUT2D eigenvalue weighted by molar-refractivity contribution is 6.36. The van der Waals surface area contributed by atoms with Crippen molar-refractivity contribution in [2.45, 2.75) is 46.0 Å². The zero-order valence-corrected chi connectivity index (χ0v) is 16.6. The van der Waals surface area contributed by atoms with Crippen LogP contribution in [-0.2, 0) is 0 Å². The Hall–Kier alpha value is -1.59. The number of carbonyl (C=O) groups excluding carboxylic acids is 1. The standard InChI is InChI=1S/C19H23Cl2N3O2/c1-12(2)11-26-19-22-17(15-9-8-14(20)10-16(15)21)24(23-19)18(25)13-6-4-3-5-7-13/h8-10,12-13H,3-7,11H2,1-2H3. The molecule has 0 unspecified atom stereocenters. The van der Waals surface area contributed by atoms with E-state index in [0.29, 0.717) is 34.0 Å². The van der Waals surface area contributed by atoms with Crippen LogP contribution in [0.5, 0.6) is 6.01 Å². The molecule has 26 heavy (non-hydrogen) atoms. The minimum atomic E-state index is -0.0439. The van der Waals surface area contributed by atoms with Crippen molar-refractivity contribution >= 4 is 29.1 Å². The molecule has 2 aromatic rings. The summed E-state index contributed by atoms with van der Waals surface area (Å²) in [5.74, 6) is 0.658. The molecule has 140 valence electrons. The lowest BCUT2D eigenvalue weighted by Gasteiger charge is -2.20. The number of ether oxygens (including phenoxy) is 1. The van der Waals surface area contributed by atoms with Crippen LogP contribution in [0.1, 0.15) is 50.7 Å². The number of hydrogen-bond donors (Lipinski definition) is 0. The third kappa shape index (κ3) is 4.38. The molecule has 1 aromatic carbocycles. The van der Waals surface area contributed by atoms with Crippen molar-refractivity contribution < 1.29 is 9.53 Å². The maximum Gasteiger partial charge on any atom is 0.336 e. The normalized spacial score (nSPS) is 15.4. The molecule has 1 saturated carbocycles. The van der Waals surface area contributed by atoms with Crippen molar-refractivity contribution in [2.75, 3.05) is 6.61 Å². The maximum atomic E-state index is 13.1. The Balaban J connectivity index is 1.98. The lowest BCUT2D eigenvalue weighted by molar-refractivity contribution is 0.0784. The average Bonchev–Trinajstić information content (AvgIpc) is 3.04. The molecule has 1 aromatic heterocycles. The largest absolute Gasteiger partial charge is 0.462 e. The first-order valence-electron chi connectivity index (χ1n) is 9.05. The highest BCUT2D eigenvalue weighted by atomic mass is 35.5. The van der Waals surface area contributed by atoms with Gasteiger partial charge in [0.25, 0.3) is 5.91 Å². The number of benzene rings is 1. The maximum absolute atomic E-state index is 13.1. The molecular formula is C19H23Cl2N3O2. The second kappa shape index (κ2) is 8.40. The van der Waals surface area contributed by atoms with Gasteiger partial charge in [0.05, 0.1) is 11.6 Å². The molecule has 0 aliphatic heterocycles. The smallest absolute Gasteiger partial charge is 0.336 e. The van der Waals surface area contributed by atoms with Crippen LogP contribution in [0.3, 0.4) is 0 Å². The predicted molar refractivity (Wildman–Crippen MR) is 103 cm³/mol. The van der Waals surface area contributed by atoms with E-state index in [1.165, 1.54) is 11.1 Å².